The van der Waals surface area contributed by atoms with Crippen molar-refractivity contribution in [1.29, 1.82) is 0 Å². The minimum absolute atomic E-state index is 0.160. The summed E-state index contributed by atoms with van der Waals surface area (Å²) in [7, 11) is 1.59. The Balaban J connectivity index is 2.62. The van der Waals surface area contributed by atoms with Gasteiger partial charge in [-0.1, -0.05) is 6.07 Å². The van der Waals surface area contributed by atoms with Gasteiger partial charge in [-0.05, 0) is 19.1 Å². The molecule has 1 heterocycles. The molecule has 2 rings (SSSR count). The number of nitrogens with zero attached hydrogens (tertiary/aromatic N) is 1. The van der Waals surface area contributed by atoms with Crippen molar-refractivity contribution in [2.45, 2.75) is 13.0 Å². The van der Waals surface area contributed by atoms with Gasteiger partial charge in [0.05, 0.1) is 6.04 Å². The molecular weight excluding hydrogens is 192 g/mol. The Hall–Kier alpha value is -1.52. The summed E-state index contributed by atoms with van der Waals surface area (Å²) >= 11 is 0. The zero-order valence-corrected chi connectivity index (χ0v) is 8.73. The fourth-order valence-corrected chi connectivity index (χ4v) is 1.72. The summed E-state index contributed by atoms with van der Waals surface area (Å²) in [6.07, 6.45) is 1.81. The van der Waals surface area contributed by atoms with Crippen molar-refractivity contribution in [1.82, 2.24) is 10.0 Å². The molecule has 1 unspecified atom stereocenters. The molecule has 0 radical (unpaired) electrons. The van der Waals surface area contributed by atoms with Gasteiger partial charge >= 0.3 is 0 Å². The Morgan fingerprint density at radius 2 is 2.13 bits per heavy atom. The van der Waals surface area contributed by atoms with Crippen LogP contribution in [0.25, 0.3) is 10.9 Å². The fraction of sp³-hybridized carbons (Fsp3) is 0.273. The van der Waals surface area contributed by atoms with Crippen molar-refractivity contribution < 1.29 is 10.3 Å². The van der Waals surface area contributed by atoms with Crippen molar-refractivity contribution in [2.75, 3.05) is 7.05 Å². The third-order valence-corrected chi connectivity index (χ3v) is 2.72. The van der Waals surface area contributed by atoms with Crippen LogP contribution in [0.15, 0.2) is 24.4 Å². The van der Waals surface area contributed by atoms with Gasteiger partial charge in [0.25, 0.3) is 0 Å². The molecule has 0 fully saturated rings. The van der Waals surface area contributed by atoms with Crippen LogP contribution in [0, 0.1) is 0 Å². The Morgan fingerprint density at radius 1 is 1.40 bits per heavy atom. The van der Waals surface area contributed by atoms with E-state index in [1.54, 1.807) is 19.2 Å². The van der Waals surface area contributed by atoms with E-state index in [0.717, 1.165) is 21.5 Å². The van der Waals surface area contributed by atoms with Gasteiger partial charge in [-0.3, -0.25) is 0 Å². The number of aromatic nitrogens is 1. The lowest BCUT2D eigenvalue weighted by atomic mass is 10.1. The standard InChI is InChI=1S/C11H14N2O2/c1-7(13(2)15)8-6-12-9-4-3-5-10(14)11(8)9/h3-7,12,14-15H,1-2H3. The van der Waals surface area contributed by atoms with E-state index in [2.05, 4.69) is 4.98 Å². The molecule has 3 N–H and O–H groups in total. The summed E-state index contributed by atoms with van der Waals surface area (Å²) in [5, 5.41) is 21.0. The molecule has 15 heavy (non-hydrogen) atoms. The first kappa shape index (κ1) is 10.0. The van der Waals surface area contributed by atoms with Crippen molar-refractivity contribution in [2.24, 2.45) is 0 Å². The molecule has 1 atom stereocenters. The highest BCUT2D eigenvalue weighted by Gasteiger charge is 2.16. The molecule has 0 aliphatic carbocycles. The van der Waals surface area contributed by atoms with Crippen LogP contribution in [0.5, 0.6) is 5.75 Å². The third kappa shape index (κ3) is 1.58. The van der Waals surface area contributed by atoms with Gasteiger partial charge in [0.15, 0.2) is 0 Å². The van der Waals surface area contributed by atoms with Gasteiger partial charge < -0.3 is 15.3 Å². The fourth-order valence-electron chi connectivity index (χ4n) is 1.72. The third-order valence-electron chi connectivity index (χ3n) is 2.72. The summed E-state index contributed by atoms with van der Waals surface area (Å²) in [5.74, 6) is 0.234. The second-order valence-corrected chi connectivity index (χ2v) is 3.69. The SMILES string of the molecule is CC(c1c[nH]c2cccc(O)c12)N(C)O. The number of phenols is 1. The number of rotatable bonds is 2. The van der Waals surface area contributed by atoms with E-state index in [0.29, 0.717) is 0 Å². The highest BCUT2D eigenvalue weighted by molar-refractivity contribution is 5.89. The quantitative estimate of drug-likeness (QED) is 0.660. The summed E-state index contributed by atoms with van der Waals surface area (Å²) in [6.45, 7) is 1.87. The van der Waals surface area contributed by atoms with Crippen molar-refractivity contribution >= 4 is 10.9 Å². The molecule has 4 nitrogen and oxygen atoms in total. The number of fused-ring (bicyclic) bond motifs is 1. The van der Waals surface area contributed by atoms with E-state index in [1.165, 1.54) is 0 Å². The molecule has 4 heteroatoms. The lowest BCUT2D eigenvalue weighted by Crippen LogP contribution is -2.17. The van der Waals surface area contributed by atoms with Gasteiger partial charge in [-0.25, -0.2) is 0 Å². The van der Waals surface area contributed by atoms with Crippen LogP contribution in [0.1, 0.15) is 18.5 Å². The van der Waals surface area contributed by atoms with Crippen molar-refractivity contribution in [3.8, 4) is 5.75 Å². The lowest BCUT2D eigenvalue weighted by Gasteiger charge is -2.17. The van der Waals surface area contributed by atoms with Gasteiger partial charge in [0.2, 0.25) is 0 Å². The molecule has 0 bridgehead atoms. The highest BCUT2D eigenvalue weighted by Crippen LogP contribution is 2.32. The van der Waals surface area contributed by atoms with E-state index in [9.17, 15) is 10.3 Å². The zero-order chi connectivity index (χ0) is 11.0. The number of hydrogen-bond acceptors (Lipinski definition) is 3. The Bertz CT molecular complexity index is 476. The summed E-state index contributed by atoms with van der Waals surface area (Å²) < 4.78 is 0. The number of benzene rings is 1. The number of aromatic amines is 1. The van der Waals surface area contributed by atoms with Crippen molar-refractivity contribution in [3.63, 3.8) is 0 Å². The maximum Gasteiger partial charge on any atom is 0.125 e. The first-order valence-corrected chi connectivity index (χ1v) is 4.82. The molecule has 0 amide bonds. The first-order valence-electron chi connectivity index (χ1n) is 4.82. The molecule has 0 aliphatic rings. The highest BCUT2D eigenvalue weighted by atomic mass is 16.5. The summed E-state index contributed by atoms with van der Waals surface area (Å²) in [5.41, 5.74) is 1.76. The largest absolute Gasteiger partial charge is 0.507 e. The molecule has 0 saturated heterocycles. The molecule has 0 aliphatic heterocycles. The number of nitrogens with one attached hydrogen (secondary N) is 1. The number of aromatic hydroxyl groups is 1. The van der Waals surface area contributed by atoms with Crippen LogP contribution in [0.2, 0.25) is 0 Å². The van der Waals surface area contributed by atoms with E-state index in [4.69, 9.17) is 0 Å². The molecular formula is C11H14N2O2. The Labute approximate surface area is 87.7 Å². The smallest absolute Gasteiger partial charge is 0.125 e. The average Bonchev–Trinajstić information content (AvgIpc) is 2.61. The number of phenolic OH excluding ortho intramolecular Hbond substituents is 1. The van der Waals surface area contributed by atoms with Gasteiger partial charge in [-0.2, -0.15) is 5.06 Å². The number of hydroxylamine groups is 2. The average molecular weight is 206 g/mol. The predicted octanol–water partition coefficient (Wildman–Crippen LogP) is 2.26. The maximum absolute atomic E-state index is 9.75. The maximum atomic E-state index is 9.75. The predicted molar refractivity (Wildman–Crippen MR) is 57.9 cm³/mol. The van der Waals surface area contributed by atoms with Gasteiger partial charge in [0, 0.05) is 29.7 Å². The van der Waals surface area contributed by atoms with Crippen LogP contribution < -0.4 is 0 Å². The van der Waals surface area contributed by atoms with E-state index in [-0.39, 0.29) is 11.8 Å². The van der Waals surface area contributed by atoms with Crippen molar-refractivity contribution in [3.05, 3.63) is 30.0 Å². The minimum atomic E-state index is -0.160. The van der Waals surface area contributed by atoms with E-state index < -0.39 is 0 Å². The van der Waals surface area contributed by atoms with Crippen LogP contribution >= 0.6 is 0 Å². The molecule has 0 spiro atoms. The summed E-state index contributed by atoms with van der Waals surface area (Å²) in [6, 6.07) is 5.16. The lowest BCUT2D eigenvalue weighted by molar-refractivity contribution is -0.0980. The van der Waals surface area contributed by atoms with Gasteiger partial charge in [-0.15, -0.1) is 0 Å². The topological polar surface area (TPSA) is 59.5 Å². The Kier molecular flexibility index (Phi) is 2.38. The number of H-pyrrole nitrogens is 1. The summed E-state index contributed by atoms with van der Waals surface area (Å²) in [4.78, 5) is 3.07. The normalized spacial score (nSPS) is 13.6. The molecule has 2 aromatic rings. The first-order chi connectivity index (χ1) is 7.11. The molecule has 1 aromatic carbocycles. The zero-order valence-electron chi connectivity index (χ0n) is 8.73. The minimum Gasteiger partial charge on any atom is -0.507 e. The van der Waals surface area contributed by atoms with Crippen LogP contribution in [-0.2, 0) is 0 Å². The van der Waals surface area contributed by atoms with Gasteiger partial charge in [0.1, 0.15) is 5.75 Å². The monoisotopic (exact) mass is 206 g/mol. The second-order valence-electron chi connectivity index (χ2n) is 3.69. The van der Waals surface area contributed by atoms with Crippen LogP contribution in [0.4, 0.5) is 0 Å². The van der Waals surface area contributed by atoms with E-state index >= 15 is 0 Å². The van der Waals surface area contributed by atoms with Crippen LogP contribution in [0.3, 0.4) is 0 Å². The van der Waals surface area contributed by atoms with Crippen LogP contribution in [-0.4, -0.2) is 27.4 Å². The molecule has 80 valence electrons. The van der Waals surface area contributed by atoms with E-state index in [1.807, 2.05) is 19.2 Å². The Morgan fingerprint density at radius 3 is 2.80 bits per heavy atom. The number of hydrogen-bond donors (Lipinski definition) is 3. The second kappa shape index (κ2) is 3.56. The molecule has 0 saturated carbocycles. The molecule has 1 aromatic heterocycles.